The standard InChI is InChI=1S/C21H20O/c22-21(18-9-5-2-6-10-18)20-17-13-11-16(12-14-17)19(20)15-7-3-1-4-8-15/h1-11,13,16-17,19-20H,12,14H2/t16?,17?,19?,20-/m0/s1. The minimum absolute atomic E-state index is 0.0912. The number of hydrogen-bond acceptors (Lipinski definition) is 1. The molecule has 1 saturated carbocycles. The lowest BCUT2D eigenvalue weighted by atomic mass is 9.58. The van der Waals surface area contributed by atoms with Crippen LogP contribution in [0.15, 0.2) is 72.8 Å². The molecule has 3 unspecified atom stereocenters. The maximum atomic E-state index is 13.1. The quantitative estimate of drug-likeness (QED) is 0.582. The molecule has 2 bridgehead atoms. The van der Waals surface area contributed by atoms with Gasteiger partial charge in [-0.2, -0.15) is 0 Å². The zero-order chi connectivity index (χ0) is 14.9. The van der Waals surface area contributed by atoms with Crippen LogP contribution in [0, 0.1) is 17.8 Å². The van der Waals surface area contributed by atoms with Gasteiger partial charge in [0.1, 0.15) is 0 Å². The summed E-state index contributed by atoms with van der Waals surface area (Å²) in [6.07, 6.45) is 6.99. The molecule has 4 atom stereocenters. The molecule has 3 aliphatic rings. The summed E-state index contributed by atoms with van der Waals surface area (Å²) in [4.78, 5) is 13.1. The number of allylic oxidation sites excluding steroid dienone is 2. The van der Waals surface area contributed by atoms with Crippen LogP contribution in [0.3, 0.4) is 0 Å². The summed E-state index contributed by atoms with van der Waals surface area (Å²) >= 11 is 0. The highest BCUT2D eigenvalue weighted by Crippen LogP contribution is 2.50. The van der Waals surface area contributed by atoms with Gasteiger partial charge in [-0.1, -0.05) is 72.8 Å². The van der Waals surface area contributed by atoms with Gasteiger partial charge >= 0.3 is 0 Å². The molecule has 3 aliphatic carbocycles. The van der Waals surface area contributed by atoms with Crippen molar-refractivity contribution in [3.05, 3.63) is 83.9 Å². The lowest BCUT2D eigenvalue weighted by Gasteiger charge is -2.44. The molecule has 0 radical (unpaired) electrons. The second kappa shape index (κ2) is 5.57. The molecule has 0 aromatic heterocycles. The van der Waals surface area contributed by atoms with Crippen molar-refractivity contribution in [2.24, 2.45) is 17.8 Å². The van der Waals surface area contributed by atoms with Crippen LogP contribution in [0.2, 0.25) is 0 Å². The number of carbonyl (C=O) groups is 1. The largest absolute Gasteiger partial charge is 0.294 e. The molecule has 0 amide bonds. The molecular weight excluding hydrogens is 268 g/mol. The zero-order valence-electron chi connectivity index (χ0n) is 12.6. The topological polar surface area (TPSA) is 17.1 Å². The molecule has 2 aromatic rings. The van der Waals surface area contributed by atoms with E-state index in [0.29, 0.717) is 23.5 Å². The minimum Gasteiger partial charge on any atom is -0.294 e. The van der Waals surface area contributed by atoms with Gasteiger partial charge in [0, 0.05) is 17.4 Å². The van der Waals surface area contributed by atoms with Crippen LogP contribution in [0.5, 0.6) is 0 Å². The van der Waals surface area contributed by atoms with Gasteiger partial charge in [0.05, 0.1) is 0 Å². The van der Waals surface area contributed by atoms with E-state index in [-0.39, 0.29) is 5.92 Å². The number of rotatable bonds is 3. The van der Waals surface area contributed by atoms with E-state index >= 15 is 0 Å². The van der Waals surface area contributed by atoms with Gasteiger partial charge in [0.25, 0.3) is 0 Å². The molecule has 0 saturated heterocycles. The van der Waals surface area contributed by atoms with Crippen LogP contribution in [-0.2, 0) is 0 Å². The number of benzene rings is 2. The van der Waals surface area contributed by atoms with Crippen molar-refractivity contribution in [1.29, 1.82) is 0 Å². The highest BCUT2D eigenvalue weighted by molar-refractivity contribution is 5.99. The molecule has 0 aliphatic heterocycles. The van der Waals surface area contributed by atoms with Gasteiger partial charge in [-0.3, -0.25) is 4.79 Å². The van der Waals surface area contributed by atoms with Crippen LogP contribution in [0.4, 0.5) is 0 Å². The summed E-state index contributed by atoms with van der Waals surface area (Å²) in [6, 6.07) is 20.4. The maximum absolute atomic E-state index is 13.1. The first kappa shape index (κ1) is 13.5. The van der Waals surface area contributed by atoms with Crippen LogP contribution < -0.4 is 0 Å². The van der Waals surface area contributed by atoms with Crippen LogP contribution >= 0.6 is 0 Å². The Morgan fingerprint density at radius 1 is 0.773 bits per heavy atom. The van der Waals surface area contributed by atoms with E-state index in [0.717, 1.165) is 12.0 Å². The predicted molar refractivity (Wildman–Crippen MR) is 88.8 cm³/mol. The summed E-state index contributed by atoms with van der Waals surface area (Å²) in [6.45, 7) is 0. The van der Waals surface area contributed by atoms with Crippen LogP contribution in [-0.4, -0.2) is 5.78 Å². The van der Waals surface area contributed by atoms with Gasteiger partial charge in [-0.15, -0.1) is 0 Å². The maximum Gasteiger partial charge on any atom is 0.167 e. The lowest BCUT2D eigenvalue weighted by molar-refractivity contribution is 0.0770. The first-order chi connectivity index (χ1) is 10.8. The van der Waals surface area contributed by atoms with Crippen LogP contribution in [0.25, 0.3) is 0 Å². The first-order valence-corrected chi connectivity index (χ1v) is 8.17. The third kappa shape index (κ3) is 2.21. The predicted octanol–water partition coefficient (Wildman–Crippen LogP) is 4.87. The molecule has 1 nitrogen and oxygen atoms in total. The third-order valence-electron chi connectivity index (χ3n) is 5.29. The molecular formula is C21H20O. The molecule has 110 valence electrons. The second-order valence-corrected chi connectivity index (χ2v) is 6.48. The summed E-state index contributed by atoms with van der Waals surface area (Å²) in [7, 11) is 0. The van der Waals surface area contributed by atoms with Crippen LogP contribution in [0.1, 0.15) is 34.7 Å². The summed E-state index contributed by atoms with van der Waals surface area (Å²) in [5.41, 5.74) is 2.17. The number of ketones is 1. The first-order valence-electron chi connectivity index (χ1n) is 8.17. The van der Waals surface area contributed by atoms with Crippen molar-refractivity contribution in [2.45, 2.75) is 18.8 Å². The number of Topliss-reactive ketones (excluding diaryl/α,β-unsaturated/α-hetero) is 1. The van der Waals surface area contributed by atoms with Gasteiger partial charge in [0.2, 0.25) is 0 Å². The number of hydrogen-bond donors (Lipinski definition) is 0. The summed E-state index contributed by atoms with van der Waals surface area (Å²) < 4.78 is 0. The SMILES string of the molecule is O=C(c1ccccc1)[C@H]1C2C=CC(CC2)C1c1ccccc1. The minimum atomic E-state index is 0.0912. The fourth-order valence-electron chi connectivity index (χ4n) is 4.28. The molecule has 2 aromatic carbocycles. The highest BCUT2D eigenvalue weighted by Gasteiger charge is 2.44. The Labute approximate surface area is 131 Å². The second-order valence-electron chi connectivity index (χ2n) is 6.48. The van der Waals surface area contributed by atoms with E-state index < -0.39 is 0 Å². The third-order valence-corrected chi connectivity index (χ3v) is 5.29. The zero-order valence-corrected chi connectivity index (χ0v) is 12.6. The smallest absolute Gasteiger partial charge is 0.167 e. The number of carbonyl (C=O) groups excluding carboxylic acids is 1. The van der Waals surface area contributed by atoms with E-state index in [1.807, 2.05) is 30.3 Å². The Hall–Kier alpha value is -2.15. The van der Waals surface area contributed by atoms with Gasteiger partial charge in [0.15, 0.2) is 5.78 Å². The Morgan fingerprint density at radius 3 is 2.00 bits per heavy atom. The van der Waals surface area contributed by atoms with Crippen molar-refractivity contribution in [1.82, 2.24) is 0 Å². The molecule has 1 heteroatoms. The fraction of sp³-hybridized carbons (Fsp3) is 0.286. The van der Waals surface area contributed by atoms with E-state index in [2.05, 4.69) is 42.5 Å². The molecule has 1 fully saturated rings. The summed E-state index contributed by atoms with van der Waals surface area (Å²) in [5.74, 6) is 1.63. The van der Waals surface area contributed by atoms with Crippen molar-refractivity contribution in [3.63, 3.8) is 0 Å². The molecule has 0 N–H and O–H groups in total. The Morgan fingerprint density at radius 2 is 1.36 bits per heavy atom. The van der Waals surface area contributed by atoms with Crippen molar-refractivity contribution in [3.8, 4) is 0 Å². The highest BCUT2D eigenvalue weighted by atomic mass is 16.1. The van der Waals surface area contributed by atoms with Crippen molar-refractivity contribution in [2.75, 3.05) is 0 Å². The Balaban J connectivity index is 1.75. The molecule has 0 heterocycles. The monoisotopic (exact) mass is 288 g/mol. The van der Waals surface area contributed by atoms with Gasteiger partial charge in [-0.05, 0) is 30.2 Å². The van der Waals surface area contributed by atoms with Crippen molar-refractivity contribution >= 4 is 5.78 Å². The van der Waals surface area contributed by atoms with Gasteiger partial charge < -0.3 is 0 Å². The average Bonchev–Trinajstić information content (AvgIpc) is 2.63. The average molecular weight is 288 g/mol. The molecule has 22 heavy (non-hydrogen) atoms. The van der Waals surface area contributed by atoms with Gasteiger partial charge in [-0.25, -0.2) is 0 Å². The van der Waals surface area contributed by atoms with E-state index in [4.69, 9.17) is 0 Å². The van der Waals surface area contributed by atoms with E-state index in [1.165, 1.54) is 12.0 Å². The van der Waals surface area contributed by atoms with E-state index in [1.54, 1.807) is 0 Å². The fourth-order valence-corrected chi connectivity index (χ4v) is 4.28. The normalized spacial score (nSPS) is 29.5. The van der Waals surface area contributed by atoms with Crippen molar-refractivity contribution < 1.29 is 4.79 Å². The Bertz CT molecular complexity index is 686. The molecule has 0 spiro atoms. The number of fused-ring (bicyclic) bond motifs is 2. The summed E-state index contributed by atoms with van der Waals surface area (Å²) in [5, 5.41) is 0. The van der Waals surface area contributed by atoms with E-state index in [9.17, 15) is 4.79 Å². The molecule has 5 rings (SSSR count). The Kier molecular flexibility index (Phi) is 3.42. The lowest BCUT2D eigenvalue weighted by Crippen LogP contribution is -2.39.